The van der Waals surface area contributed by atoms with Crippen LogP contribution in [-0.2, 0) is 14.3 Å². The second-order valence-electron chi connectivity index (χ2n) is 5.19. The molecule has 8 heteroatoms. The van der Waals surface area contributed by atoms with Gasteiger partial charge in [-0.3, -0.25) is 4.90 Å². The van der Waals surface area contributed by atoms with Crippen LogP contribution in [0.4, 0.5) is 4.79 Å². The molecule has 0 radical (unpaired) electrons. The van der Waals surface area contributed by atoms with Crippen molar-refractivity contribution in [3.05, 3.63) is 0 Å². The van der Waals surface area contributed by atoms with Crippen LogP contribution < -0.4 is 5.32 Å². The third-order valence-electron chi connectivity index (χ3n) is 3.83. The summed E-state index contributed by atoms with van der Waals surface area (Å²) in [5.74, 6) is -1.05. The lowest BCUT2D eigenvalue weighted by atomic mass is 10.2. The number of carbonyl (C=O) groups excluding carboxylic acids is 1. The third-order valence-corrected chi connectivity index (χ3v) is 3.83. The highest BCUT2D eigenvalue weighted by Crippen LogP contribution is 2.08. The molecule has 2 N–H and O–H groups in total. The van der Waals surface area contributed by atoms with Crippen molar-refractivity contribution >= 4 is 12.0 Å². The number of nitrogens with one attached hydrogen (secondary N) is 1. The molecular weight excluding hydrogens is 278 g/mol. The summed E-state index contributed by atoms with van der Waals surface area (Å²) in [5, 5.41) is 11.9. The van der Waals surface area contributed by atoms with Gasteiger partial charge < -0.3 is 24.8 Å². The zero-order chi connectivity index (χ0) is 15.2. The van der Waals surface area contributed by atoms with Crippen LogP contribution in [0.25, 0.3) is 0 Å². The predicted molar refractivity (Wildman–Crippen MR) is 74.2 cm³/mol. The zero-order valence-corrected chi connectivity index (χ0v) is 12.3. The van der Waals surface area contributed by atoms with Crippen molar-refractivity contribution < 1.29 is 24.2 Å². The summed E-state index contributed by atoms with van der Waals surface area (Å²) in [7, 11) is 0. The number of amides is 2. The molecule has 0 aromatic rings. The lowest BCUT2D eigenvalue weighted by Crippen LogP contribution is -2.57. The molecule has 0 aliphatic carbocycles. The Hall–Kier alpha value is -1.38. The molecule has 8 nitrogen and oxygen atoms in total. The first-order valence-electron chi connectivity index (χ1n) is 7.30. The molecule has 0 aromatic carbocycles. The largest absolute Gasteiger partial charge is 0.480 e. The topological polar surface area (TPSA) is 91.3 Å². The minimum Gasteiger partial charge on any atom is -0.480 e. The lowest BCUT2D eigenvalue weighted by Gasteiger charge is -2.35. The average molecular weight is 301 g/mol. The van der Waals surface area contributed by atoms with Crippen molar-refractivity contribution in [2.75, 3.05) is 52.5 Å². The van der Waals surface area contributed by atoms with E-state index in [4.69, 9.17) is 14.6 Å². The molecule has 2 unspecified atom stereocenters. The fourth-order valence-electron chi connectivity index (χ4n) is 2.55. The number of hydrogen-bond acceptors (Lipinski definition) is 5. The SMILES string of the molecule is CCN1CCOC(CNC(=O)N2CCOCC2C(=O)O)C1. The van der Waals surface area contributed by atoms with Gasteiger partial charge in [0, 0.05) is 26.2 Å². The summed E-state index contributed by atoms with van der Waals surface area (Å²) in [6.45, 7) is 6.46. The molecule has 2 aliphatic rings. The zero-order valence-electron chi connectivity index (χ0n) is 12.3. The molecule has 2 fully saturated rings. The van der Waals surface area contributed by atoms with Gasteiger partial charge in [-0.2, -0.15) is 0 Å². The maximum Gasteiger partial charge on any atom is 0.328 e. The fourth-order valence-corrected chi connectivity index (χ4v) is 2.55. The number of carbonyl (C=O) groups is 2. The van der Waals surface area contributed by atoms with E-state index in [2.05, 4.69) is 17.1 Å². The Morgan fingerprint density at radius 3 is 2.86 bits per heavy atom. The Labute approximate surface area is 124 Å². The van der Waals surface area contributed by atoms with Crippen LogP contribution >= 0.6 is 0 Å². The van der Waals surface area contributed by atoms with Gasteiger partial charge >= 0.3 is 12.0 Å². The minimum absolute atomic E-state index is 0.0340. The summed E-state index contributed by atoms with van der Waals surface area (Å²) in [5.41, 5.74) is 0. The molecule has 0 bridgehead atoms. The van der Waals surface area contributed by atoms with Gasteiger partial charge in [0.1, 0.15) is 0 Å². The first-order chi connectivity index (χ1) is 10.1. The van der Waals surface area contributed by atoms with E-state index in [9.17, 15) is 9.59 Å². The molecule has 0 spiro atoms. The quantitative estimate of drug-likeness (QED) is 0.706. The number of urea groups is 1. The Morgan fingerprint density at radius 1 is 1.33 bits per heavy atom. The van der Waals surface area contributed by atoms with Gasteiger partial charge in [0.2, 0.25) is 0 Å². The summed E-state index contributed by atoms with van der Waals surface area (Å²) in [6.07, 6.45) is -0.0491. The summed E-state index contributed by atoms with van der Waals surface area (Å²) >= 11 is 0. The van der Waals surface area contributed by atoms with E-state index in [1.54, 1.807) is 0 Å². The Balaban J connectivity index is 1.81. The smallest absolute Gasteiger partial charge is 0.328 e. The van der Waals surface area contributed by atoms with E-state index in [1.165, 1.54) is 4.90 Å². The van der Waals surface area contributed by atoms with E-state index in [1.807, 2.05) is 0 Å². The molecule has 2 heterocycles. The molecule has 2 rings (SSSR count). The molecule has 0 aromatic heterocycles. The maximum absolute atomic E-state index is 12.1. The standard InChI is InChI=1S/C13H23N3O5/c1-2-15-3-6-21-10(8-15)7-14-13(19)16-4-5-20-9-11(16)12(17)18/h10-11H,2-9H2,1H3,(H,14,19)(H,17,18). The van der Waals surface area contributed by atoms with Crippen molar-refractivity contribution in [3.8, 4) is 0 Å². The number of hydrogen-bond donors (Lipinski definition) is 2. The third kappa shape index (κ3) is 4.29. The van der Waals surface area contributed by atoms with Crippen LogP contribution in [0.2, 0.25) is 0 Å². The molecular formula is C13H23N3O5. The molecule has 120 valence electrons. The first-order valence-corrected chi connectivity index (χ1v) is 7.30. The van der Waals surface area contributed by atoms with E-state index in [-0.39, 0.29) is 25.3 Å². The number of aliphatic carboxylic acids is 1. The van der Waals surface area contributed by atoms with Crippen molar-refractivity contribution in [1.29, 1.82) is 0 Å². The number of morpholine rings is 2. The highest BCUT2D eigenvalue weighted by atomic mass is 16.5. The highest BCUT2D eigenvalue weighted by molar-refractivity contribution is 5.83. The highest BCUT2D eigenvalue weighted by Gasteiger charge is 2.33. The fraction of sp³-hybridized carbons (Fsp3) is 0.846. The Bertz CT molecular complexity index is 379. The number of carboxylic acids is 1. The number of likely N-dealkylation sites (N-methyl/N-ethyl adjacent to an activating group) is 1. The second-order valence-corrected chi connectivity index (χ2v) is 5.19. The lowest BCUT2D eigenvalue weighted by molar-refractivity contribution is -0.147. The van der Waals surface area contributed by atoms with Gasteiger partial charge in [-0.05, 0) is 6.54 Å². The number of rotatable bonds is 4. The molecule has 21 heavy (non-hydrogen) atoms. The van der Waals surface area contributed by atoms with Crippen LogP contribution in [0, 0.1) is 0 Å². The number of ether oxygens (including phenoxy) is 2. The first kappa shape index (κ1) is 16.0. The minimum atomic E-state index is -1.05. The van der Waals surface area contributed by atoms with Gasteiger partial charge in [0.25, 0.3) is 0 Å². The van der Waals surface area contributed by atoms with Crippen LogP contribution in [0.15, 0.2) is 0 Å². The van der Waals surface area contributed by atoms with Gasteiger partial charge in [0.05, 0.1) is 25.9 Å². The van der Waals surface area contributed by atoms with Crippen molar-refractivity contribution in [1.82, 2.24) is 15.1 Å². The predicted octanol–water partition coefficient (Wildman–Crippen LogP) is -0.798. The van der Waals surface area contributed by atoms with E-state index < -0.39 is 12.0 Å². The summed E-state index contributed by atoms with van der Waals surface area (Å²) in [6, 6.07) is -1.29. The molecule has 2 aliphatic heterocycles. The van der Waals surface area contributed by atoms with E-state index >= 15 is 0 Å². The normalized spacial score (nSPS) is 27.4. The van der Waals surface area contributed by atoms with E-state index in [0.29, 0.717) is 19.8 Å². The maximum atomic E-state index is 12.1. The van der Waals surface area contributed by atoms with Crippen molar-refractivity contribution in [2.45, 2.75) is 19.1 Å². The second kappa shape index (κ2) is 7.58. The van der Waals surface area contributed by atoms with Gasteiger partial charge in [-0.25, -0.2) is 9.59 Å². The molecule has 0 saturated carbocycles. The molecule has 2 atom stereocenters. The Morgan fingerprint density at radius 2 is 2.14 bits per heavy atom. The van der Waals surface area contributed by atoms with Crippen LogP contribution in [0.3, 0.4) is 0 Å². The Kier molecular flexibility index (Phi) is 5.77. The van der Waals surface area contributed by atoms with Crippen molar-refractivity contribution in [2.24, 2.45) is 0 Å². The average Bonchev–Trinajstić information content (AvgIpc) is 2.52. The van der Waals surface area contributed by atoms with Gasteiger partial charge in [0.15, 0.2) is 6.04 Å². The monoisotopic (exact) mass is 301 g/mol. The number of carboxylic acid groups (broad SMARTS) is 1. The molecule has 2 amide bonds. The van der Waals surface area contributed by atoms with Crippen LogP contribution in [0.5, 0.6) is 0 Å². The van der Waals surface area contributed by atoms with E-state index in [0.717, 1.165) is 19.6 Å². The van der Waals surface area contributed by atoms with Gasteiger partial charge in [-0.1, -0.05) is 6.92 Å². The van der Waals surface area contributed by atoms with Crippen LogP contribution in [0.1, 0.15) is 6.92 Å². The van der Waals surface area contributed by atoms with Crippen molar-refractivity contribution in [3.63, 3.8) is 0 Å². The summed E-state index contributed by atoms with van der Waals surface area (Å²) in [4.78, 5) is 26.8. The summed E-state index contributed by atoms with van der Waals surface area (Å²) < 4.78 is 10.7. The van der Waals surface area contributed by atoms with Crippen LogP contribution in [-0.4, -0.2) is 91.6 Å². The molecule has 2 saturated heterocycles. The van der Waals surface area contributed by atoms with Gasteiger partial charge in [-0.15, -0.1) is 0 Å². The number of nitrogens with zero attached hydrogens (tertiary/aromatic N) is 2.